The van der Waals surface area contributed by atoms with Gasteiger partial charge in [0.05, 0.1) is 31.4 Å². The second-order valence-corrected chi connectivity index (χ2v) is 11.9. The molecule has 1 aliphatic heterocycles. The van der Waals surface area contributed by atoms with Crippen LogP contribution in [0.4, 0.5) is 0 Å². The van der Waals surface area contributed by atoms with Gasteiger partial charge in [0.25, 0.3) is 0 Å². The lowest BCUT2D eigenvalue weighted by atomic mass is 9.83. The fourth-order valence-electron chi connectivity index (χ4n) is 5.08. The number of thiazole rings is 1. The summed E-state index contributed by atoms with van der Waals surface area (Å²) in [6.45, 7) is 0.957. The molecule has 2 heterocycles. The Morgan fingerprint density at radius 2 is 1.94 bits per heavy atom. The van der Waals surface area contributed by atoms with Gasteiger partial charge in [-0.3, -0.25) is 4.79 Å². The zero-order chi connectivity index (χ0) is 23.3. The average Bonchev–Trinajstić information content (AvgIpc) is 3.31. The van der Waals surface area contributed by atoms with Crippen molar-refractivity contribution in [3.8, 4) is 0 Å². The number of hydrogen-bond acceptors (Lipinski definition) is 6. The third-order valence-electron chi connectivity index (χ3n) is 6.70. The van der Waals surface area contributed by atoms with E-state index in [2.05, 4.69) is 34.0 Å². The van der Waals surface area contributed by atoms with Crippen LogP contribution < -0.4 is 4.72 Å². The Labute approximate surface area is 200 Å². The number of nitrogens with zero attached hydrogens (tertiary/aromatic N) is 2. The number of aromatic nitrogens is 1. The third kappa shape index (κ3) is 6.85. The Morgan fingerprint density at radius 3 is 2.61 bits per heavy atom. The summed E-state index contributed by atoms with van der Waals surface area (Å²) in [5.74, 6) is 0.545. The number of likely N-dealkylation sites (tertiary alicyclic amines) is 1. The molecule has 0 spiro atoms. The maximum Gasteiger partial charge on any atom is 0.229 e. The van der Waals surface area contributed by atoms with Crippen LogP contribution in [0.2, 0.25) is 0 Å². The molecule has 9 heteroatoms. The zero-order valence-electron chi connectivity index (χ0n) is 19.1. The number of nitrogens with one attached hydrogen (secondary N) is 1. The Hall–Kier alpha value is -1.81. The predicted molar refractivity (Wildman–Crippen MR) is 130 cm³/mol. The summed E-state index contributed by atoms with van der Waals surface area (Å²) in [7, 11) is -3.39. The minimum atomic E-state index is -3.39. The van der Waals surface area contributed by atoms with Crippen LogP contribution in [-0.2, 0) is 26.0 Å². The molecule has 7 nitrogen and oxygen atoms in total. The monoisotopic (exact) mass is 491 g/mol. The molecule has 1 aliphatic carbocycles. The lowest BCUT2D eigenvalue weighted by molar-refractivity contribution is -0.137. The summed E-state index contributed by atoms with van der Waals surface area (Å²) in [5.41, 5.74) is 1.39. The van der Waals surface area contributed by atoms with E-state index in [-0.39, 0.29) is 30.5 Å². The number of hydrogen-bond donors (Lipinski definition) is 1. The van der Waals surface area contributed by atoms with Crippen LogP contribution in [0.5, 0.6) is 0 Å². The molecule has 33 heavy (non-hydrogen) atoms. The smallest absolute Gasteiger partial charge is 0.229 e. The van der Waals surface area contributed by atoms with Crippen molar-refractivity contribution in [2.24, 2.45) is 0 Å². The highest BCUT2D eigenvalue weighted by Gasteiger charge is 2.37. The van der Waals surface area contributed by atoms with Crippen LogP contribution >= 0.6 is 11.3 Å². The lowest BCUT2D eigenvalue weighted by Crippen LogP contribution is -2.59. The van der Waals surface area contributed by atoms with Crippen molar-refractivity contribution >= 4 is 27.3 Å². The average molecular weight is 492 g/mol. The molecular weight excluding hydrogens is 458 g/mol. The van der Waals surface area contributed by atoms with E-state index in [4.69, 9.17) is 4.74 Å². The van der Waals surface area contributed by atoms with E-state index in [1.165, 1.54) is 23.2 Å². The molecule has 0 unspecified atom stereocenters. The lowest BCUT2D eigenvalue weighted by Gasteiger charge is -2.42. The summed E-state index contributed by atoms with van der Waals surface area (Å²) in [4.78, 5) is 19.1. The molecule has 1 saturated carbocycles. The van der Waals surface area contributed by atoms with Gasteiger partial charge in [0.1, 0.15) is 5.01 Å². The zero-order valence-corrected chi connectivity index (χ0v) is 20.7. The molecule has 1 saturated heterocycles. The molecule has 0 radical (unpaired) electrons. The molecule has 2 aromatic rings. The van der Waals surface area contributed by atoms with Crippen molar-refractivity contribution in [3.63, 3.8) is 0 Å². The van der Waals surface area contributed by atoms with Gasteiger partial charge in [0.15, 0.2) is 0 Å². The quantitative estimate of drug-likeness (QED) is 0.612. The Morgan fingerprint density at radius 1 is 1.18 bits per heavy atom. The van der Waals surface area contributed by atoms with E-state index in [0.717, 1.165) is 37.1 Å². The van der Waals surface area contributed by atoms with Crippen LogP contribution in [-0.4, -0.2) is 61.8 Å². The molecule has 2 atom stereocenters. The largest absolute Gasteiger partial charge is 0.376 e. The van der Waals surface area contributed by atoms with Gasteiger partial charge in [-0.05, 0) is 50.0 Å². The molecule has 1 aromatic heterocycles. The number of amides is 1. The maximum atomic E-state index is 13.1. The van der Waals surface area contributed by atoms with Gasteiger partial charge in [-0.15, -0.1) is 11.3 Å². The van der Waals surface area contributed by atoms with Crippen molar-refractivity contribution < 1.29 is 17.9 Å². The van der Waals surface area contributed by atoms with E-state index in [1.807, 2.05) is 16.3 Å². The first kappa shape index (κ1) is 24.3. The van der Waals surface area contributed by atoms with Crippen molar-refractivity contribution in [3.05, 3.63) is 52.5 Å². The number of ether oxygens (including phenoxy) is 1. The first-order chi connectivity index (χ1) is 15.9. The van der Waals surface area contributed by atoms with E-state index < -0.39 is 10.0 Å². The van der Waals surface area contributed by atoms with Crippen molar-refractivity contribution in [2.45, 2.75) is 69.1 Å². The number of piperidine rings is 1. The molecule has 1 aromatic carbocycles. The summed E-state index contributed by atoms with van der Waals surface area (Å²) in [5, 5.41) is 2.64. The van der Waals surface area contributed by atoms with Gasteiger partial charge >= 0.3 is 0 Å². The van der Waals surface area contributed by atoms with Crippen LogP contribution in [0.1, 0.15) is 55.0 Å². The normalized spacial score (nSPS) is 26.3. The second-order valence-electron chi connectivity index (χ2n) is 9.11. The van der Waals surface area contributed by atoms with Gasteiger partial charge in [0.2, 0.25) is 15.9 Å². The first-order valence-electron chi connectivity index (χ1n) is 11.7. The number of carbonyl (C=O) groups excluding carboxylic acids is 1. The minimum absolute atomic E-state index is 0.0219. The van der Waals surface area contributed by atoms with Gasteiger partial charge in [-0.1, -0.05) is 30.3 Å². The van der Waals surface area contributed by atoms with E-state index in [1.54, 1.807) is 6.20 Å². The third-order valence-corrected chi connectivity index (χ3v) is 8.21. The highest BCUT2D eigenvalue weighted by molar-refractivity contribution is 7.88. The first-order valence-corrected chi connectivity index (χ1v) is 14.5. The summed E-state index contributed by atoms with van der Waals surface area (Å²) >= 11 is 1.46. The van der Waals surface area contributed by atoms with Crippen LogP contribution in [0.25, 0.3) is 0 Å². The minimum Gasteiger partial charge on any atom is -0.376 e. The fraction of sp³-hybridized carbons (Fsp3) is 0.583. The molecule has 180 valence electrons. The standard InChI is InChI=1S/C24H33N3O4S2/c1-33(29,30)26-21-8-5-14-27(24(28)16-23-25-13-15-32-23)22(21)17-31-20-11-9-19(10-12-20)18-6-3-2-4-7-18/h2-4,6-7,13,15,19-22,26H,5,8-12,14,16-17H2,1H3/t19?,20?,21-,22-/m0/s1. The Balaban J connectivity index is 1.39. The van der Waals surface area contributed by atoms with E-state index >= 15 is 0 Å². The van der Waals surface area contributed by atoms with Crippen LogP contribution in [0.3, 0.4) is 0 Å². The highest BCUT2D eigenvalue weighted by Crippen LogP contribution is 2.34. The maximum absolute atomic E-state index is 13.1. The topological polar surface area (TPSA) is 88.6 Å². The van der Waals surface area contributed by atoms with Crippen molar-refractivity contribution in [2.75, 3.05) is 19.4 Å². The molecule has 1 N–H and O–H groups in total. The SMILES string of the molecule is CS(=O)(=O)N[C@H]1CCCN(C(=O)Cc2nccs2)[C@H]1COC1CCC(c2ccccc2)CC1. The van der Waals surface area contributed by atoms with Gasteiger partial charge < -0.3 is 9.64 Å². The van der Waals surface area contributed by atoms with Gasteiger partial charge in [0, 0.05) is 24.2 Å². The summed E-state index contributed by atoms with van der Waals surface area (Å²) < 4.78 is 33.1. The molecule has 2 fully saturated rings. The van der Waals surface area contributed by atoms with Crippen LogP contribution in [0, 0.1) is 0 Å². The molecular formula is C24H33N3O4S2. The Bertz CT molecular complexity index is 990. The predicted octanol–water partition coefficient (Wildman–Crippen LogP) is 3.34. The molecule has 0 bridgehead atoms. The summed E-state index contributed by atoms with van der Waals surface area (Å²) in [6.07, 6.45) is 8.82. The second kappa shape index (κ2) is 11.1. The van der Waals surface area contributed by atoms with E-state index in [9.17, 15) is 13.2 Å². The van der Waals surface area contributed by atoms with Crippen LogP contribution in [0.15, 0.2) is 41.9 Å². The number of benzene rings is 1. The molecule has 4 rings (SSSR count). The van der Waals surface area contributed by atoms with Gasteiger partial charge in [-0.2, -0.15) is 0 Å². The van der Waals surface area contributed by atoms with Crippen molar-refractivity contribution in [1.82, 2.24) is 14.6 Å². The summed E-state index contributed by atoms with van der Waals surface area (Å²) in [6, 6.07) is 9.97. The van der Waals surface area contributed by atoms with Gasteiger partial charge in [-0.25, -0.2) is 18.1 Å². The molecule has 2 aliphatic rings. The number of sulfonamides is 1. The van der Waals surface area contributed by atoms with E-state index in [0.29, 0.717) is 25.5 Å². The molecule has 1 amide bonds. The fourth-order valence-corrected chi connectivity index (χ4v) is 6.51. The number of carbonyl (C=O) groups is 1. The van der Waals surface area contributed by atoms with Crippen molar-refractivity contribution in [1.29, 1.82) is 0 Å². The Kier molecular flexibility index (Phi) is 8.16. The highest BCUT2D eigenvalue weighted by atomic mass is 32.2. The number of rotatable bonds is 8.